The summed E-state index contributed by atoms with van der Waals surface area (Å²) in [7, 11) is 0.262. The highest BCUT2D eigenvalue weighted by atomic mass is 32.2. The molecule has 1 saturated carbocycles. The smallest absolute Gasteiger partial charge is 0.241 e. The van der Waals surface area contributed by atoms with E-state index in [0.29, 0.717) is 24.2 Å². The monoisotopic (exact) mass is 344 g/mol. The number of alkyl halides is 1. The van der Waals surface area contributed by atoms with Crippen molar-refractivity contribution in [1.29, 1.82) is 0 Å². The van der Waals surface area contributed by atoms with E-state index in [1.54, 1.807) is 6.07 Å². The normalized spacial score (nSPS) is 16.5. The molecule has 0 bridgehead atoms. The number of rotatable bonds is 9. The molecule has 0 unspecified atom stereocenters. The third-order valence-corrected chi connectivity index (χ3v) is 5.47. The molecular weight excluding hydrogens is 319 g/mol. The van der Waals surface area contributed by atoms with Crippen LogP contribution in [0.1, 0.15) is 19.3 Å². The molecule has 2 rings (SSSR count). The fourth-order valence-electron chi connectivity index (χ4n) is 2.25. The average molecular weight is 344 g/mol. The Bertz CT molecular complexity index is 645. The lowest BCUT2D eigenvalue weighted by Gasteiger charge is -2.16. The summed E-state index contributed by atoms with van der Waals surface area (Å²) in [6.45, 7) is 1.01. The molecule has 0 saturated heterocycles. The lowest BCUT2D eigenvalue weighted by Crippen LogP contribution is -2.38. The second kappa shape index (κ2) is 7.02. The van der Waals surface area contributed by atoms with Crippen molar-refractivity contribution in [2.45, 2.75) is 29.7 Å². The molecule has 0 aromatic heterocycles. The van der Waals surface area contributed by atoms with Gasteiger partial charge < -0.3 is 16.0 Å². The van der Waals surface area contributed by atoms with E-state index >= 15 is 0 Å². The minimum Gasteiger partial charge on any atom is -0.397 e. The third-order valence-electron chi connectivity index (χ3n) is 3.89. The van der Waals surface area contributed by atoms with E-state index in [0.717, 1.165) is 19.5 Å². The maximum Gasteiger partial charge on any atom is 0.241 e. The number of nitrogens with one attached hydrogen (secondary N) is 2. The Morgan fingerprint density at radius 1 is 1.35 bits per heavy atom. The van der Waals surface area contributed by atoms with Crippen LogP contribution in [0.25, 0.3) is 0 Å². The fraction of sp³-hybridized carbons (Fsp3) is 0.600. The number of benzene rings is 1. The molecule has 8 heteroatoms. The van der Waals surface area contributed by atoms with E-state index < -0.39 is 22.2 Å². The highest BCUT2D eigenvalue weighted by molar-refractivity contribution is 7.89. The first-order valence-corrected chi connectivity index (χ1v) is 9.14. The maximum atomic E-state index is 12.9. The summed E-state index contributed by atoms with van der Waals surface area (Å²) in [5.74, 6) is 0. The Hall–Kier alpha value is -1.38. The Labute approximate surface area is 137 Å². The second-order valence-corrected chi connectivity index (χ2v) is 8.03. The summed E-state index contributed by atoms with van der Waals surface area (Å²) >= 11 is 0. The summed E-state index contributed by atoms with van der Waals surface area (Å²) < 4.78 is 39.9. The minimum atomic E-state index is -3.75. The van der Waals surface area contributed by atoms with Crippen LogP contribution in [0.5, 0.6) is 0 Å². The number of hydrogen-bond donors (Lipinski definition) is 3. The number of nitrogens with zero attached hydrogens (tertiary/aromatic N) is 1. The summed E-state index contributed by atoms with van der Waals surface area (Å²) in [5, 5.41) is 3.19. The van der Waals surface area contributed by atoms with Crippen LogP contribution in [0.15, 0.2) is 23.1 Å². The molecule has 0 heterocycles. The lowest BCUT2D eigenvalue weighted by atomic mass is 10.2. The summed E-state index contributed by atoms with van der Waals surface area (Å²) in [6.07, 6.45) is 2.01. The van der Waals surface area contributed by atoms with Crippen molar-refractivity contribution < 1.29 is 12.8 Å². The van der Waals surface area contributed by atoms with Crippen LogP contribution in [0.3, 0.4) is 0 Å². The quantitative estimate of drug-likeness (QED) is 0.466. The SMILES string of the molecule is CN(C)CCCNc1ccc(S(=O)(=O)NC2(CF)CC2)cc1N. The second-order valence-electron chi connectivity index (χ2n) is 6.35. The first-order valence-electron chi connectivity index (χ1n) is 7.66. The van der Waals surface area contributed by atoms with E-state index in [4.69, 9.17) is 5.73 Å². The molecule has 1 fully saturated rings. The molecule has 23 heavy (non-hydrogen) atoms. The number of nitrogen functional groups attached to an aromatic ring is 1. The summed E-state index contributed by atoms with van der Waals surface area (Å²) in [5.41, 5.74) is 6.09. The van der Waals surface area contributed by atoms with E-state index in [2.05, 4.69) is 14.9 Å². The zero-order chi connectivity index (χ0) is 17.1. The van der Waals surface area contributed by atoms with Crippen LogP contribution in [-0.2, 0) is 10.0 Å². The van der Waals surface area contributed by atoms with Crippen LogP contribution >= 0.6 is 0 Å². The van der Waals surface area contributed by atoms with Gasteiger partial charge in [-0.05, 0) is 58.1 Å². The van der Waals surface area contributed by atoms with Gasteiger partial charge >= 0.3 is 0 Å². The van der Waals surface area contributed by atoms with Gasteiger partial charge in [-0.2, -0.15) is 0 Å². The highest BCUT2D eigenvalue weighted by Crippen LogP contribution is 2.37. The summed E-state index contributed by atoms with van der Waals surface area (Å²) in [6, 6.07) is 4.54. The molecule has 1 aromatic carbocycles. The number of halogens is 1. The standard InChI is InChI=1S/C15H25FN4O2S/c1-20(2)9-3-8-18-14-5-4-12(10-13(14)17)23(21,22)19-15(11-16)6-7-15/h4-5,10,18-19H,3,6-9,11,17H2,1-2H3. The van der Waals surface area contributed by atoms with Gasteiger partial charge in [0.25, 0.3) is 0 Å². The molecule has 0 spiro atoms. The molecule has 6 nitrogen and oxygen atoms in total. The zero-order valence-electron chi connectivity index (χ0n) is 13.6. The van der Waals surface area contributed by atoms with E-state index in [9.17, 15) is 12.8 Å². The van der Waals surface area contributed by atoms with Crippen molar-refractivity contribution in [3.05, 3.63) is 18.2 Å². The molecule has 0 radical (unpaired) electrons. The number of sulfonamides is 1. The van der Waals surface area contributed by atoms with E-state index in [-0.39, 0.29) is 4.90 Å². The molecule has 0 amide bonds. The fourth-order valence-corrected chi connectivity index (χ4v) is 3.72. The van der Waals surface area contributed by atoms with Gasteiger partial charge in [0.2, 0.25) is 10.0 Å². The lowest BCUT2D eigenvalue weighted by molar-refractivity contribution is 0.393. The van der Waals surface area contributed by atoms with Crippen LogP contribution in [0.2, 0.25) is 0 Å². The van der Waals surface area contributed by atoms with Gasteiger partial charge in [0.1, 0.15) is 6.67 Å². The maximum absolute atomic E-state index is 12.9. The summed E-state index contributed by atoms with van der Waals surface area (Å²) in [4.78, 5) is 2.15. The molecule has 1 aliphatic rings. The van der Waals surface area contributed by atoms with Gasteiger partial charge in [-0.3, -0.25) is 0 Å². The van der Waals surface area contributed by atoms with Crippen molar-refractivity contribution in [3.8, 4) is 0 Å². The van der Waals surface area contributed by atoms with Crippen LogP contribution in [0.4, 0.5) is 15.8 Å². The molecule has 1 aromatic rings. The molecule has 4 N–H and O–H groups in total. The number of nitrogens with two attached hydrogens (primary N) is 1. The topological polar surface area (TPSA) is 87.5 Å². The first kappa shape index (κ1) is 18.0. The molecule has 0 atom stereocenters. The zero-order valence-corrected chi connectivity index (χ0v) is 14.4. The highest BCUT2D eigenvalue weighted by Gasteiger charge is 2.46. The van der Waals surface area contributed by atoms with Gasteiger partial charge in [0.15, 0.2) is 0 Å². The van der Waals surface area contributed by atoms with Crippen molar-refractivity contribution in [2.24, 2.45) is 0 Å². The molecule has 1 aliphatic carbocycles. The van der Waals surface area contributed by atoms with Crippen LogP contribution < -0.4 is 15.8 Å². The Morgan fingerprint density at radius 2 is 2.04 bits per heavy atom. The van der Waals surface area contributed by atoms with Gasteiger partial charge in [-0.25, -0.2) is 17.5 Å². The Balaban J connectivity index is 2.01. The molecule has 130 valence electrons. The predicted molar refractivity (Wildman–Crippen MR) is 90.8 cm³/mol. The predicted octanol–water partition coefficient (Wildman–Crippen LogP) is 1.41. The van der Waals surface area contributed by atoms with E-state index in [1.807, 2.05) is 14.1 Å². The van der Waals surface area contributed by atoms with Crippen molar-refractivity contribution in [3.63, 3.8) is 0 Å². The van der Waals surface area contributed by atoms with Crippen LogP contribution in [-0.4, -0.2) is 52.7 Å². The Morgan fingerprint density at radius 3 is 2.57 bits per heavy atom. The van der Waals surface area contributed by atoms with Gasteiger partial charge in [-0.15, -0.1) is 0 Å². The van der Waals surface area contributed by atoms with Gasteiger partial charge in [-0.1, -0.05) is 0 Å². The van der Waals surface area contributed by atoms with Gasteiger partial charge in [0, 0.05) is 6.54 Å². The van der Waals surface area contributed by atoms with Crippen molar-refractivity contribution >= 4 is 21.4 Å². The first-order chi connectivity index (χ1) is 10.8. The van der Waals surface area contributed by atoms with Crippen molar-refractivity contribution in [2.75, 3.05) is 44.9 Å². The number of hydrogen-bond acceptors (Lipinski definition) is 5. The van der Waals surface area contributed by atoms with Gasteiger partial charge in [0.05, 0.1) is 21.8 Å². The molecule has 0 aliphatic heterocycles. The van der Waals surface area contributed by atoms with Crippen molar-refractivity contribution in [1.82, 2.24) is 9.62 Å². The van der Waals surface area contributed by atoms with E-state index in [1.165, 1.54) is 12.1 Å². The Kier molecular flexibility index (Phi) is 5.49. The third kappa shape index (κ3) is 4.79. The largest absolute Gasteiger partial charge is 0.397 e. The molecular formula is C15H25FN4O2S. The number of anilines is 2. The average Bonchev–Trinajstić information content (AvgIpc) is 3.24. The minimum absolute atomic E-state index is 0.0635. The van der Waals surface area contributed by atoms with Crippen LogP contribution in [0, 0.1) is 0 Å².